The number of aromatic nitrogens is 2. The van der Waals surface area contributed by atoms with Crippen LogP contribution in [0.15, 0.2) is 16.2 Å². The Bertz CT molecular complexity index is 626. The highest BCUT2D eigenvalue weighted by Gasteiger charge is 2.06. The number of thiophene rings is 1. The normalized spacial score (nSPS) is 11.2. The molecule has 0 amide bonds. The van der Waals surface area contributed by atoms with E-state index in [9.17, 15) is 4.79 Å². The molecule has 2 aromatic heterocycles. The lowest BCUT2D eigenvalue weighted by molar-refractivity contribution is 0.580. The maximum absolute atomic E-state index is 12.2. The topological polar surface area (TPSA) is 37.8 Å². The molecule has 98 valence electrons. The van der Waals surface area contributed by atoms with Gasteiger partial charge in [0.2, 0.25) is 0 Å². The molecule has 0 aliphatic heterocycles. The summed E-state index contributed by atoms with van der Waals surface area (Å²) in [5, 5.41) is 1.92. The number of fused-ring (bicyclic) bond motifs is 1. The van der Waals surface area contributed by atoms with E-state index in [-0.39, 0.29) is 5.56 Å². The Labute approximate surface area is 119 Å². The second-order valence-electron chi connectivity index (χ2n) is 4.10. The number of nitrogens with one attached hydrogen (secondary N) is 1. The van der Waals surface area contributed by atoms with Gasteiger partial charge in [-0.05, 0) is 48.5 Å². The lowest BCUT2D eigenvalue weighted by Crippen LogP contribution is -2.21. The molecule has 0 fully saturated rings. The lowest BCUT2D eigenvalue weighted by atomic mass is 10.2. The van der Waals surface area contributed by atoms with Gasteiger partial charge in [-0.15, -0.1) is 11.3 Å². The van der Waals surface area contributed by atoms with Crippen molar-refractivity contribution in [1.82, 2.24) is 9.55 Å². The van der Waals surface area contributed by atoms with Crippen LogP contribution in [-0.2, 0) is 6.54 Å². The van der Waals surface area contributed by atoms with Crippen molar-refractivity contribution in [3.05, 3.63) is 26.6 Å². The second kappa shape index (κ2) is 6.54. The van der Waals surface area contributed by atoms with Crippen LogP contribution >= 0.6 is 35.3 Å². The van der Waals surface area contributed by atoms with Crippen molar-refractivity contribution in [2.75, 3.05) is 12.0 Å². The van der Waals surface area contributed by atoms with E-state index in [2.05, 4.69) is 11.2 Å². The van der Waals surface area contributed by atoms with Gasteiger partial charge in [0.1, 0.15) is 4.70 Å². The van der Waals surface area contributed by atoms with Crippen molar-refractivity contribution >= 4 is 45.5 Å². The predicted molar refractivity (Wildman–Crippen MR) is 83.5 cm³/mol. The first-order chi connectivity index (χ1) is 8.74. The first-order valence-electron chi connectivity index (χ1n) is 5.93. The minimum atomic E-state index is 0.0496. The van der Waals surface area contributed by atoms with Crippen molar-refractivity contribution in [3.63, 3.8) is 0 Å². The molecule has 18 heavy (non-hydrogen) atoms. The molecule has 1 N–H and O–H groups in total. The molecule has 0 aliphatic carbocycles. The van der Waals surface area contributed by atoms with Gasteiger partial charge < -0.3 is 4.98 Å². The van der Waals surface area contributed by atoms with E-state index in [1.54, 1.807) is 4.57 Å². The van der Waals surface area contributed by atoms with Crippen LogP contribution in [0.25, 0.3) is 10.2 Å². The second-order valence-corrected chi connectivity index (χ2v) is 6.39. The molecule has 0 aliphatic rings. The monoisotopic (exact) mass is 300 g/mol. The standard InChI is InChI=1S/C12H16N2OS3/c1-17-7-4-2-3-6-14-11(15)10-9(5-8-18-10)13-12(14)16/h5,8H,2-4,6-7H2,1H3,(H,13,16). The minimum Gasteiger partial charge on any atom is -0.331 e. The van der Waals surface area contributed by atoms with Crippen LogP contribution in [0.4, 0.5) is 0 Å². The van der Waals surface area contributed by atoms with Gasteiger partial charge >= 0.3 is 0 Å². The molecule has 0 atom stereocenters. The molecule has 2 aromatic rings. The average molecular weight is 300 g/mol. The first kappa shape index (κ1) is 13.8. The van der Waals surface area contributed by atoms with E-state index < -0.39 is 0 Å². The smallest absolute Gasteiger partial charge is 0.272 e. The van der Waals surface area contributed by atoms with Crippen molar-refractivity contribution in [2.45, 2.75) is 25.8 Å². The summed E-state index contributed by atoms with van der Waals surface area (Å²) in [7, 11) is 0. The zero-order valence-electron chi connectivity index (χ0n) is 10.3. The summed E-state index contributed by atoms with van der Waals surface area (Å²) >= 11 is 8.58. The molecule has 2 rings (SSSR count). The summed E-state index contributed by atoms with van der Waals surface area (Å²) in [6, 6.07) is 1.90. The zero-order valence-corrected chi connectivity index (χ0v) is 12.7. The van der Waals surface area contributed by atoms with Gasteiger partial charge in [-0.1, -0.05) is 6.42 Å². The van der Waals surface area contributed by atoms with Crippen LogP contribution in [-0.4, -0.2) is 21.6 Å². The Morgan fingerprint density at radius 1 is 1.44 bits per heavy atom. The van der Waals surface area contributed by atoms with E-state index >= 15 is 0 Å². The Kier molecular flexibility index (Phi) is 5.03. The number of H-pyrrole nitrogens is 1. The third-order valence-corrected chi connectivity index (χ3v) is 4.74. The van der Waals surface area contributed by atoms with Crippen LogP contribution < -0.4 is 5.56 Å². The van der Waals surface area contributed by atoms with E-state index in [1.807, 2.05) is 23.2 Å². The minimum absolute atomic E-state index is 0.0496. The van der Waals surface area contributed by atoms with Crippen molar-refractivity contribution in [3.8, 4) is 0 Å². The van der Waals surface area contributed by atoms with Gasteiger partial charge in [0.25, 0.3) is 5.56 Å². The molecule has 2 heterocycles. The van der Waals surface area contributed by atoms with Crippen molar-refractivity contribution < 1.29 is 0 Å². The maximum atomic E-state index is 12.2. The quantitative estimate of drug-likeness (QED) is 0.653. The fourth-order valence-electron chi connectivity index (χ4n) is 1.87. The number of unbranched alkanes of at least 4 members (excludes halogenated alkanes) is 2. The number of thioether (sulfide) groups is 1. The molecule has 0 saturated heterocycles. The Hall–Kier alpha value is -0.590. The Morgan fingerprint density at radius 2 is 2.28 bits per heavy atom. The number of hydrogen-bond donors (Lipinski definition) is 1. The SMILES string of the molecule is CSCCCCCn1c(=S)[nH]c2ccsc2c1=O. The largest absolute Gasteiger partial charge is 0.331 e. The van der Waals surface area contributed by atoms with Crippen LogP contribution in [0.1, 0.15) is 19.3 Å². The van der Waals surface area contributed by atoms with E-state index in [0.717, 1.165) is 29.6 Å². The summed E-state index contributed by atoms with van der Waals surface area (Å²) in [5.41, 5.74) is 0.905. The summed E-state index contributed by atoms with van der Waals surface area (Å²) < 4.78 is 3.00. The molecule has 3 nitrogen and oxygen atoms in total. The van der Waals surface area contributed by atoms with Crippen molar-refractivity contribution in [1.29, 1.82) is 0 Å². The average Bonchev–Trinajstić information content (AvgIpc) is 2.80. The van der Waals surface area contributed by atoms with E-state index in [4.69, 9.17) is 12.2 Å². The van der Waals surface area contributed by atoms with E-state index in [0.29, 0.717) is 4.77 Å². The highest BCUT2D eigenvalue weighted by molar-refractivity contribution is 7.98. The molecule has 0 bridgehead atoms. The Morgan fingerprint density at radius 3 is 3.06 bits per heavy atom. The molecule has 0 unspecified atom stereocenters. The molecule has 6 heteroatoms. The van der Waals surface area contributed by atoms with Gasteiger partial charge in [0.15, 0.2) is 4.77 Å². The summed E-state index contributed by atoms with van der Waals surface area (Å²) in [5.74, 6) is 1.19. The number of nitrogens with zero attached hydrogens (tertiary/aromatic N) is 1. The maximum Gasteiger partial charge on any atom is 0.272 e. The molecular formula is C12H16N2OS3. The third-order valence-electron chi connectivity index (χ3n) is 2.82. The number of aromatic amines is 1. The fraction of sp³-hybridized carbons (Fsp3) is 0.500. The van der Waals surface area contributed by atoms with Gasteiger partial charge in [0.05, 0.1) is 5.52 Å². The molecule has 0 spiro atoms. The zero-order chi connectivity index (χ0) is 13.0. The summed E-state index contributed by atoms with van der Waals surface area (Å²) in [6.07, 6.45) is 5.47. The van der Waals surface area contributed by atoms with Gasteiger partial charge in [0, 0.05) is 6.54 Å². The highest BCUT2D eigenvalue weighted by Crippen LogP contribution is 2.14. The number of rotatable bonds is 6. The van der Waals surface area contributed by atoms with Crippen molar-refractivity contribution in [2.24, 2.45) is 0 Å². The molecule has 0 radical (unpaired) electrons. The Balaban J connectivity index is 2.13. The van der Waals surface area contributed by atoms with Crippen LogP contribution in [0, 0.1) is 4.77 Å². The lowest BCUT2D eigenvalue weighted by Gasteiger charge is -2.06. The fourth-order valence-corrected chi connectivity index (χ4v) is 3.44. The van der Waals surface area contributed by atoms with Crippen LogP contribution in [0.2, 0.25) is 0 Å². The van der Waals surface area contributed by atoms with Crippen LogP contribution in [0.5, 0.6) is 0 Å². The molecular weight excluding hydrogens is 284 g/mol. The van der Waals surface area contributed by atoms with E-state index in [1.165, 1.54) is 23.5 Å². The van der Waals surface area contributed by atoms with Gasteiger partial charge in [-0.2, -0.15) is 11.8 Å². The molecule has 0 aromatic carbocycles. The third kappa shape index (κ3) is 3.05. The van der Waals surface area contributed by atoms with Gasteiger partial charge in [-0.3, -0.25) is 9.36 Å². The first-order valence-corrected chi connectivity index (χ1v) is 8.61. The summed E-state index contributed by atoms with van der Waals surface area (Å²) in [6.45, 7) is 0.719. The van der Waals surface area contributed by atoms with Gasteiger partial charge in [-0.25, -0.2) is 0 Å². The predicted octanol–water partition coefficient (Wildman–Crippen LogP) is 3.65. The summed E-state index contributed by atoms with van der Waals surface area (Å²) in [4.78, 5) is 15.3. The van der Waals surface area contributed by atoms with Crippen LogP contribution in [0.3, 0.4) is 0 Å². The molecule has 0 saturated carbocycles. The highest BCUT2D eigenvalue weighted by atomic mass is 32.2. The number of hydrogen-bond acceptors (Lipinski definition) is 4.